The maximum absolute atomic E-state index is 14.7. The molecule has 15 heteroatoms. The third-order valence-electron chi connectivity index (χ3n) is 7.24. The van der Waals surface area contributed by atoms with Crippen LogP contribution in [0.5, 0.6) is 0 Å². The smallest absolute Gasteiger partial charge is 0.374 e. The van der Waals surface area contributed by atoms with Gasteiger partial charge in [-0.2, -0.15) is 26.3 Å². The van der Waals surface area contributed by atoms with E-state index < -0.39 is 73.3 Å². The molecule has 0 bridgehead atoms. The van der Waals surface area contributed by atoms with E-state index in [1.165, 1.54) is 18.2 Å². The van der Waals surface area contributed by atoms with Gasteiger partial charge in [-0.1, -0.05) is 22.8 Å². The summed E-state index contributed by atoms with van der Waals surface area (Å²) in [6.07, 6.45) is -9.97. The van der Waals surface area contributed by atoms with Gasteiger partial charge in [-0.15, -0.1) is 0 Å². The van der Waals surface area contributed by atoms with Crippen molar-refractivity contribution < 1.29 is 48.8 Å². The minimum absolute atomic E-state index is 0.0116. The number of nitrogens with one attached hydrogen (secondary N) is 1. The first-order valence-electron chi connectivity index (χ1n) is 11.8. The van der Waals surface area contributed by atoms with Crippen LogP contribution in [0.2, 0.25) is 5.02 Å². The molecule has 1 aliphatic heterocycles. The molecule has 2 aliphatic rings. The molecule has 1 saturated carbocycles. The molecule has 1 aliphatic carbocycles. The number of carbonyl (C=O) groups is 1. The Morgan fingerprint density at radius 3 is 2.23 bits per heavy atom. The van der Waals surface area contributed by atoms with Gasteiger partial charge < -0.3 is 10.2 Å². The molecule has 1 amide bonds. The minimum atomic E-state index is -5.36. The van der Waals surface area contributed by atoms with Gasteiger partial charge in [-0.25, -0.2) is 12.8 Å². The first-order chi connectivity index (χ1) is 18.3. The molecule has 0 unspecified atom stereocenters. The maximum Gasteiger partial charge on any atom is 0.435 e. The molecule has 1 N–H and O–H groups in total. The lowest BCUT2D eigenvalue weighted by molar-refractivity contribution is -0.292. The standard InChI is InChI=1S/C25H22ClF7N2O4S/c1-13-9-14(3-4-16(13)21(36)34-12-22(7-8-22)40(2,37)38)19-5-6-23(39-35-19,25(31,32)33)17-10-15(24(28,29)30)11-18(26)20(17)27/h3-4,9-11H,5-8,12H2,1-2H3,(H,34,36)/t23-/m1/s1. The van der Waals surface area contributed by atoms with Gasteiger partial charge in [0.05, 0.1) is 21.0 Å². The van der Waals surface area contributed by atoms with E-state index in [0.29, 0.717) is 18.4 Å². The molecule has 2 aromatic carbocycles. The van der Waals surface area contributed by atoms with E-state index in [4.69, 9.17) is 16.4 Å². The Hall–Kier alpha value is -2.87. The van der Waals surface area contributed by atoms with E-state index in [2.05, 4.69) is 10.5 Å². The molecule has 0 saturated heterocycles. The van der Waals surface area contributed by atoms with E-state index in [9.17, 15) is 43.9 Å². The highest BCUT2D eigenvalue weighted by molar-refractivity contribution is 7.92. The average Bonchev–Trinajstić information content (AvgIpc) is 3.64. The number of nitrogens with zero attached hydrogens (tertiary/aromatic N) is 1. The molecule has 218 valence electrons. The van der Waals surface area contributed by atoms with E-state index in [-0.39, 0.29) is 35.5 Å². The Morgan fingerprint density at radius 1 is 1.10 bits per heavy atom. The van der Waals surface area contributed by atoms with Crippen LogP contribution >= 0.6 is 11.6 Å². The number of alkyl halides is 6. The summed E-state index contributed by atoms with van der Waals surface area (Å²) in [5.74, 6) is -2.26. The van der Waals surface area contributed by atoms with Crippen LogP contribution in [0.4, 0.5) is 30.7 Å². The van der Waals surface area contributed by atoms with Gasteiger partial charge >= 0.3 is 12.4 Å². The third kappa shape index (κ3) is 5.39. The van der Waals surface area contributed by atoms with Crippen LogP contribution in [-0.2, 0) is 26.5 Å². The second kappa shape index (κ2) is 9.89. The van der Waals surface area contributed by atoms with Crippen LogP contribution in [-0.4, -0.2) is 43.8 Å². The van der Waals surface area contributed by atoms with Gasteiger partial charge in [0.15, 0.2) is 9.84 Å². The number of aryl methyl sites for hydroxylation is 1. The molecular formula is C25H22ClF7N2O4S. The topological polar surface area (TPSA) is 84.8 Å². The Morgan fingerprint density at radius 2 is 1.75 bits per heavy atom. The van der Waals surface area contributed by atoms with Crippen molar-refractivity contribution in [2.24, 2.45) is 5.16 Å². The number of amides is 1. The largest absolute Gasteiger partial charge is 0.435 e. The number of oxime groups is 1. The summed E-state index contributed by atoms with van der Waals surface area (Å²) in [5.41, 5.74) is -5.71. The minimum Gasteiger partial charge on any atom is -0.374 e. The SMILES string of the molecule is Cc1cc(C2=NO[C@](c3cc(C(F)(F)F)cc(Cl)c3F)(C(F)(F)F)CC2)ccc1C(=O)NCC1(S(C)(=O)=O)CC1. The van der Waals surface area contributed by atoms with Gasteiger partial charge in [0, 0.05) is 30.3 Å². The highest BCUT2D eigenvalue weighted by Crippen LogP contribution is 2.50. The van der Waals surface area contributed by atoms with Gasteiger partial charge in [-0.05, 0) is 61.6 Å². The van der Waals surface area contributed by atoms with E-state index in [1.54, 1.807) is 6.92 Å². The fourth-order valence-corrected chi connectivity index (χ4v) is 5.94. The van der Waals surface area contributed by atoms with E-state index in [0.717, 1.165) is 6.26 Å². The van der Waals surface area contributed by atoms with Crippen LogP contribution < -0.4 is 5.32 Å². The third-order valence-corrected chi connectivity index (χ3v) is 9.64. The van der Waals surface area contributed by atoms with E-state index in [1.807, 2.05) is 0 Å². The quantitative estimate of drug-likeness (QED) is 0.400. The summed E-state index contributed by atoms with van der Waals surface area (Å²) in [4.78, 5) is 17.4. The predicted octanol–water partition coefficient (Wildman–Crippen LogP) is 6.09. The molecule has 1 heterocycles. The lowest BCUT2D eigenvalue weighted by Gasteiger charge is -2.37. The van der Waals surface area contributed by atoms with Crippen molar-refractivity contribution in [3.63, 3.8) is 0 Å². The molecule has 0 radical (unpaired) electrons. The van der Waals surface area contributed by atoms with Crippen LogP contribution in [0.25, 0.3) is 0 Å². The number of hydrogen-bond acceptors (Lipinski definition) is 5. The molecule has 1 atom stereocenters. The zero-order valence-corrected chi connectivity index (χ0v) is 22.5. The second-order valence-electron chi connectivity index (χ2n) is 9.94. The molecule has 40 heavy (non-hydrogen) atoms. The number of carbonyl (C=O) groups excluding carboxylic acids is 1. The molecule has 6 nitrogen and oxygen atoms in total. The van der Waals surface area contributed by atoms with Crippen molar-refractivity contribution in [3.8, 4) is 0 Å². The van der Waals surface area contributed by atoms with Crippen molar-refractivity contribution in [2.45, 2.75) is 55.3 Å². The Kier molecular flexibility index (Phi) is 7.44. The van der Waals surface area contributed by atoms with Crippen molar-refractivity contribution in [3.05, 3.63) is 69.0 Å². The van der Waals surface area contributed by atoms with Crippen LogP contribution in [0, 0.1) is 12.7 Å². The summed E-state index contributed by atoms with van der Waals surface area (Å²) < 4.78 is 120. The monoisotopic (exact) mass is 614 g/mol. The normalized spacial score (nSPS) is 20.9. The van der Waals surface area contributed by atoms with Crippen LogP contribution in [0.3, 0.4) is 0 Å². The second-order valence-corrected chi connectivity index (χ2v) is 12.8. The van der Waals surface area contributed by atoms with Crippen molar-refractivity contribution in [2.75, 3.05) is 12.8 Å². The van der Waals surface area contributed by atoms with Crippen molar-refractivity contribution >= 4 is 33.1 Å². The number of halogens is 8. The number of sulfone groups is 1. The molecule has 1 fully saturated rings. The predicted molar refractivity (Wildman–Crippen MR) is 131 cm³/mol. The summed E-state index contributed by atoms with van der Waals surface area (Å²) in [6, 6.07) is 4.41. The summed E-state index contributed by atoms with van der Waals surface area (Å²) in [7, 11) is -3.37. The average molecular weight is 615 g/mol. The fraction of sp³-hybridized carbons (Fsp3) is 0.440. The van der Waals surface area contributed by atoms with Crippen LogP contribution in [0.15, 0.2) is 35.5 Å². The summed E-state index contributed by atoms with van der Waals surface area (Å²) >= 11 is 5.52. The van der Waals surface area contributed by atoms with Gasteiger partial charge in [0.1, 0.15) is 5.82 Å². The van der Waals surface area contributed by atoms with Crippen molar-refractivity contribution in [1.29, 1.82) is 0 Å². The van der Waals surface area contributed by atoms with Gasteiger partial charge in [0.2, 0.25) is 0 Å². The van der Waals surface area contributed by atoms with E-state index >= 15 is 0 Å². The first-order valence-corrected chi connectivity index (χ1v) is 14.1. The number of hydrogen-bond donors (Lipinski definition) is 1. The lowest BCUT2D eigenvalue weighted by atomic mass is 9.84. The van der Waals surface area contributed by atoms with Gasteiger partial charge in [0.25, 0.3) is 11.5 Å². The maximum atomic E-state index is 14.7. The Bertz CT molecular complexity index is 1500. The number of benzene rings is 2. The Balaban J connectivity index is 1.60. The molecule has 2 aromatic rings. The first kappa shape index (κ1) is 30.1. The lowest BCUT2D eigenvalue weighted by Crippen LogP contribution is -2.47. The highest BCUT2D eigenvalue weighted by Gasteiger charge is 2.62. The molecule has 0 spiro atoms. The Labute approximate surface area is 229 Å². The molecule has 0 aromatic heterocycles. The van der Waals surface area contributed by atoms with Crippen molar-refractivity contribution in [1.82, 2.24) is 5.32 Å². The number of rotatable bonds is 6. The highest BCUT2D eigenvalue weighted by atomic mass is 35.5. The molecular weight excluding hydrogens is 593 g/mol. The zero-order chi connectivity index (χ0) is 29.9. The zero-order valence-electron chi connectivity index (χ0n) is 20.9. The van der Waals surface area contributed by atoms with Crippen LogP contribution in [0.1, 0.15) is 58.3 Å². The summed E-state index contributed by atoms with van der Waals surface area (Å²) in [6.45, 7) is 1.48. The molecule has 4 rings (SSSR count). The summed E-state index contributed by atoms with van der Waals surface area (Å²) in [5, 5.41) is 4.96. The fourth-order valence-electron chi connectivity index (χ4n) is 4.55. The van der Waals surface area contributed by atoms with Gasteiger partial charge in [-0.3, -0.25) is 4.79 Å².